The molecule has 176 valence electrons. The molecule has 0 unspecified atom stereocenters. The standard InChI is InChI=1S/C22H19F3O6S2/c1-32(26,27)30-19-12-8-17(9-13-19)21(22(23,24)25,16-6-4-3-5-7-16)18-10-14-20(15-11-18)31-33(2,28)29/h3-15H,1-2H3. The fourth-order valence-electron chi connectivity index (χ4n) is 3.55. The molecule has 0 bridgehead atoms. The molecule has 0 radical (unpaired) electrons. The molecule has 0 spiro atoms. The van der Waals surface area contributed by atoms with Gasteiger partial charge in [-0.3, -0.25) is 0 Å². The fourth-order valence-corrected chi connectivity index (χ4v) is 4.47. The van der Waals surface area contributed by atoms with Gasteiger partial charge < -0.3 is 8.37 Å². The highest BCUT2D eigenvalue weighted by atomic mass is 32.2. The van der Waals surface area contributed by atoms with Crippen molar-refractivity contribution in [2.45, 2.75) is 11.6 Å². The second kappa shape index (κ2) is 8.71. The van der Waals surface area contributed by atoms with Gasteiger partial charge in [-0.05, 0) is 41.0 Å². The summed E-state index contributed by atoms with van der Waals surface area (Å²) in [5.74, 6) is -0.274. The lowest BCUT2D eigenvalue weighted by Gasteiger charge is -2.37. The van der Waals surface area contributed by atoms with E-state index in [1.165, 1.54) is 24.3 Å². The van der Waals surface area contributed by atoms with Crippen molar-refractivity contribution in [2.24, 2.45) is 0 Å². The van der Waals surface area contributed by atoms with Crippen LogP contribution in [0.4, 0.5) is 13.2 Å². The van der Waals surface area contributed by atoms with E-state index in [1.54, 1.807) is 6.07 Å². The van der Waals surface area contributed by atoms with Gasteiger partial charge in [0.15, 0.2) is 0 Å². The van der Waals surface area contributed by atoms with Crippen molar-refractivity contribution in [3.05, 3.63) is 95.6 Å². The molecule has 3 rings (SSSR count). The van der Waals surface area contributed by atoms with Gasteiger partial charge in [0.2, 0.25) is 0 Å². The predicted octanol–water partition coefficient (Wildman–Crippen LogP) is 4.26. The Hall–Kier alpha value is -3.05. The molecule has 3 aromatic carbocycles. The Morgan fingerprint density at radius 3 is 1.21 bits per heavy atom. The summed E-state index contributed by atoms with van der Waals surface area (Å²) in [6.07, 6.45) is -3.19. The zero-order valence-electron chi connectivity index (χ0n) is 17.4. The van der Waals surface area contributed by atoms with Crippen LogP contribution >= 0.6 is 0 Å². The van der Waals surface area contributed by atoms with Gasteiger partial charge in [-0.2, -0.15) is 30.0 Å². The number of benzene rings is 3. The summed E-state index contributed by atoms with van der Waals surface area (Å²) in [5, 5.41) is 0. The molecule has 0 amide bonds. The topological polar surface area (TPSA) is 86.7 Å². The van der Waals surface area contributed by atoms with Crippen molar-refractivity contribution in [2.75, 3.05) is 12.5 Å². The molecule has 0 saturated carbocycles. The molecular formula is C22H19F3O6S2. The van der Waals surface area contributed by atoms with Gasteiger partial charge in [-0.1, -0.05) is 54.6 Å². The maximum atomic E-state index is 14.9. The van der Waals surface area contributed by atoms with Gasteiger partial charge >= 0.3 is 26.4 Å². The third-order valence-corrected chi connectivity index (χ3v) is 5.69. The van der Waals surface area contributed by atoms with Gasteiger partial charge in [0, 0.05) is 0 Å². The first-order valence-electron chi connectivity index (χ1n) is 9.35. The minimum absolute atomic E-state index is 0.0916. The molecule has 33 heavy (non-hydrogen) atoms. The monoisotopic (exact) mass is 500 g/mol. The first kappa shape index (κ1) is 24.6. The summed E-state index contributed by atoms with van der Waals surface area (Å²) in [4.78, 5) is 0. The largest absolute Gasteiger partial charge is 0.406 e. The van der Waals surface area contributed by atoms with Crippen molar-refractivity contribution < 1.29 is 38.4 Å². The van der Waals surface area contributed by atoms with Gasteiger partial charge in [-0.25, -0.2) is 0 Å². The van der Waals surface area contributed by atoms with Crippen LogP contribution in [0.3, 0.4) is 0 Å². The summed E-state index contributed by atoms with van der Waals surface area (Å²) >= 11 is 0. The number of halogens is 3. The Bertz CT molecular complexity index is 1240. The average molecular weight is 501 g/mol. The van der Waals surface area contributed by atoms with Crippen LogP contribution in [0, 0.1) is 0 Å². The molecule has 3 aromatic rings. The molecule has 0 aliphatic heterocycles. The van der Waals surface area contributed by atoms with E-state index in [0.717, 1.165) is 61.0 Å². The Morgan fingerprint density at radius 2 is 0.909 bits per heavy atom. The zero-order chi connectivity index (χ0) is 24.5. The van der Waals surface area contributed by atoms with E-state index >= 15 is 0 Å². The Balaban J connectivity index is 2.25. The third-order valence-electron chi connectivity index (χ3n) is 4.70. The predicted molar refractivity (Wildman–Crippen MR) is 116 cm³/mol. The van der Waals surface area contributed by atoms with E-state index in [9.17, 15) is 30.0 Å². The van der Waals surface area contributed by atoms with Gasteiger partial charge in [0.1, 0.15) is 16.9 Å². The van der Waals surface area contributed by atoms with Crippen molar-refractivity contribution in [3.8, 4) is 11.5 Å². The van der Waals surface area contributed by atoms with E-state index in [0.29, 0.717) is 0 Å². The molecular weight excluding hydrogens is 481 g/mol. The molecule has 0 aliphatic carbocycles. The number of rotatable bonds is 7. The molecule has 0 heterocycles. The molecule has 0 atom stereocenters. The second-order valence-corrected chi connectivity index (χ2v) is 10.4. The van der Waals surface area contributed by atoms with Gasteiger partial charge in [0.25, 0.3) is 0 Å². The van der Waals surface area contributed by atoms with Crippen LogP contribution in [-0.4, -0.2) is 35.5 Å². The summed E-state index contributed by atoms with van der Waals surface area (Å²) in [7, 11) is -7.73. The van der Waals surface area contributed by atoms with Crippen LogP contribution in [0.2, 0.25) is 0 Å². The van der Waals surface area contributed by atoms with Crippen molar-refractivity contribution >= 4 is 20.2 Å². The number of hydrogen-bond acceptors (Lipinski definition) is 6. The van der Waals surface area contributed by atoms with Crippen molar-refractivity contribution in [1.82, 2.24) is 0 Å². The van der Waals surface area contributed by atoms with Crippen molar-refractivity contribution in [3.63, 3.8) is 0 Å². The summed E-state index contributed by atoms with van der Waals surface area (Å²) in [6, 6.07) is 16.3. The minimum atomic E-state index is -4.84. The van der Waals surface area contributed by atoms with E-state index in [4.69, 9.17) is 8.37 Å². The molecule has 6 nitrogen and oxygen atoms in total. The van der Waals surface area contributed by atoms with Crippen LogP contribution in [-0.2, 0) is 25.7 Å². The van der Waals surface area contributed by atoms with Gasteiger partial charge in [0.05, 0.1) is 12.5 Å². The Kier molecular flexibility index (Phi) is 6.49. The molecule has 0 aromatic heterocycles. The zero-order valence-corrected chi connectivity index (χ0v) is 19.0. The number of hydrogen-bond donors (Lipinski definition) is 0. The number of alkyl halides is 3. The normalized spacial score (nSPS) is 12.9. The van der Waals surface area contributed by atoms with Crippen molar-refractivity contribution in [1.29, 1.82) is 0 Å². The van der Waals surface area contributed by atoms with E-state index in [1.807, 2.05) is 0 Å². The van der Waals surface area contributed by atoms with Crippen LogP contribution in [0.15, 0.2) is 78.9 Å². The lowest BCUT2D eigenvalue weighted by molar-refractivity contribution is -0.166. The molecule has 0 saturated heterocycles. The minimum Gasteiger partial charge on any atom is -0.383 e. The quantitative estimate of drug-likeness (QED) is 0.356. The first-order chi connectivity index (χ1) is 15.2. The lowest BCUT2D eigenvalue weighted by atomic mass is 9.69. The van der Waals surface area contributed by atoms with Gasteiger partial charge in [-0.15, -0.1) is 0 Å². The summed E-state index contributed by atoms with van der Waals surface area (Å²) < 4.78 is 99.7. The maximum Gasteiger partial charge on any atom is 0.406 e. The van der Waals surface area contributed by atoms with E-state index in [2.05, 4.69) is 0 Å². The second-order valence-electron chi connectivity index (χ2n) is 7.24. The lowest BCUT2D eigenvalue weighted by Crippen LogP contribution is -2.44. The summed E-state index contributed by atoms with van der Waals surface area (Å²) in [6.45, 7) is 0. The van der Waals surface area contributed by atoms with Crippen LogP contribution in [0.5, 0.6) is 11.5 Å². The third kappa shape index (κ3) is 5.48. The molecule has 0 N–H and O–H groups in total. The summed E-state index contributed by atoms with van der Waals surface area (Å²) in [5.41, 5.74) is -3.13. The van der Waals surface area contributed by atoms with E-state index in [-0.39, 0.29) is 28.2 Å². The van der Waals surface area contributed by atoms with Crippen LogP contribution < -0.4 is 8.37 Å². The smallest absolute Gasteiger partial charge is 0.383 e. The maximum absolute atomic E-state index is 14.9. The molecule has 0 fully saturated rings. The highest BCUT2D eigenvalue weighted by Crippen LogP contribution is 2.51. The van der Waals surface area contributed by atoms with Crippen LogP contribution in [0.1, 0.15) is 16.7 Å². The molecule has 0 aliphatic rings. The Labute approximate surface area is 189 Å². The Morgan fingerprint density at radius 1 is 0.576 bits per heavy atom. The first-order valence-corrected chi connectivity index (χ1v) is 13.0. The van der Waals surface area contributed by atoms with E-state index < -0.39 is 31.8 Å². The van der Waals surface area contributed by atoms with Crippen LogP contribution in [0.25, 0.3) is 0 Å². The highest BCUT2D eigenvalue weighted by Gasteiger charge is 2.58. The highest BCUT2D eigenvalue weighted by molar-refractivity contribution is 7.86. The fraction of sp³-hybridized carbons (Fsp3) is 0.182. The molecule has 11 heteroatoms. The average Bonchev–Trinajstić information content (AvgIpc) is 2.68. The SMILES string of the molecule is CS(=O)(=O)Oc1ccc(C(c2ccccc2)(c2ccc(OS(C)(=O)=O)cc2)C(F)(F)F)cc1.